The normalized spacial score (nSPS) is 17.5. The molecule has 1 fully saturated rings. The molecule has 0 unspecified atom stereocenters. The molecule has 82 valence electrons. The first-order valence-electron chi connectivity index (χ1n) is 5.52. The van der Waals surface area contributed by atoms with Crippen LogP contribution in [0.3, 0.4) is 0 Å². The van der Waals surface area contributed by atoms with E-state index in [0.717, 1.165) is 24.6 Å². The number of hydrogen-bond acceptors (Lipinski definition) is 3. The topological polar surface area (TPSA) is 29.0 Å². The highest BCUT2D eigenvalue weighted by Gasteiger charge is 2.10. The van der Waals surface area contributed by atoms with Gasteiger partial charge in [0.1, 0.15) is 5.82 Å². The van der Waals surface area contributed by atoms with Crippen molar-refractivity contribution in [3.05, 3.63) is 18.1 Å². The Morgan fingerprint density at radius 1 is 1.07 bits per heavy atom. The fraction of sp³-hybridized carbons (Fsp3) is 0.636. The van der Waals surface area contributed by atoms with Crippen molar-refractivity contribution in [2.75, 3.05) is 18.0 Å². The number of rotatable bonds is 2. The van der Waals surface area contributed by atoms with Crippen LogP contribution < -0.4 is 4.90 Å². The molecule has 1 aliphatic rings. The predicted octanol–water partition coefficient (Wildman–Crippen LogP) is 2.60. The Labute approximate surface area is 95.5 Å². The van der Waals surface area contributed by atoms with Crippen molar-refractivity contribution in [3.8, 4) is 0 Å². The van der Waals surface area contributed by atoms with Crippen LogP contribution >= 0.6 is 11.6 Å². The molecule has 0 N–H and O–H groups in total. The fourth-order valence-corrected chi connectivity index (χ4v) is 2.02. The minimum absolute atomic E-state index is 0.438. The third-order valence-electron chi connectivity index (χ3n) is 2.76. The summed E-state index contributed by atoms with van der Waals surface area (Å²) >= 11 is 5.68. The molecule has 0 atom stereocenters. The Morgan fingerprint density at radius 2 is 1.80 bits per heavy atom. The summed E-state index contributed by atoms with van der Waals surface area (Å²) in [7, 11) is 0. The van der Waals surface area contributed by atoms with Gasteiger partial charge in [-0.25, -0.2) is 4.98 Å². The van der Waals surface area contributed by atoms with E-state index in [2.05, 4.69) is 14.9 Å². The van der Waals surface area contributed by atoms with Gasteiger partial charge in [-0.2, -0.15) is 0 Å². The van der Waals surface area contributed by atoms with E-state index in [0.29, 0.717) is 5.88 Å². The van der Waals surface area contributed by atoms with Crippen molar-refractivity contribution in [2.45, 2.75) is 31.6 Å². The van der Waals surface area contributed by atoms with Gasteiger partial charge in [0.25, 0.3) is 0 Å². The number of anilines is 1. The molecule has 0 spiro atoms. The van der Waals surface area contributed by atoms with E-state index in [1.54, 1.807) is 6.20 Å². The maximum atomic E-state index is 5.68. The largest absolute Gasteiger partial charge is 0.355 e. The second kappa shape index (κ2) is 5.31. The summed E-state index contributed by atoms with van der Waals surface area (Å²) < 4.78 is 0. The van der Waals surface area contributed by atoms with Gasteiger partial charge in [0.05, 0.1) is 24.0 Å². The molecule has 2 rings (SSSR count). The lowest BCUT2D eigenvalue weighted by molar-refractivity contribution is 0.726. The molecule has 1 saturated heterocycles. The second-order valence-electron chi connectivity index (χ2n) is 3.90. The number of alkyl halides is 1. The summed E-state index contributed by atoms with van der Waals surface area (Å²) in [5.41, 5.74) is 0.843. The highest BCUT2D eigenvalue weighted by Crippen LogP contribution is 2.16. The molecule has 0 amide bonds. The van der Waals surface area contributed by atoms with E-state index in [1.807, 2.05) is 6.20 Å². The van der Waals surface area contributed by atoms with Crippen molar-refractivity contribution >= 4 is 17.4 Å². The summed E-state index contributed by atoms with van der Waals surface area (Å²) in [6.07, 6.45) is 8.81. The zero-order valence-corrected chi connectivity index (χ0v) is 9.58. The maximum Gasteiger partial charge on any atom is 0.147 e. The van der Waals surface area contributed by atoms with E-state index in [-0.39, 0.29) is 0 Å². The predicted molar refractivity (Wildman–Crippen MR) is 62.3 cm³/mol. The van der Waals surface area contributed by atoms with E-state index in [9.17, 15) is 0 Å². The second-order valence-corrected chi connectivity index (χ2v) is 4.17. The van der Waals surface area contributed by atoms with Gasteiger partial charge in [0.15, 0.2) is 0 Å². The molecule has 1 aliphatic heterocycles. The van der Waals surface area contributed by atoms with Crippen molar-refractivity contribution in [1.29, 1.82) is 0 Å². The minimum Gasteiger partial charge on any atom is -0.355 e. The van der Waals surface area contributed by atoms with Crippen LogP contribution in [-0.2, 0) is 5.88 Å². The Bertz CT molecular complexity index is 291. The molecule has 0 saturated carbocycles. The van der Waals surface area contributed by atoms with Crippen molar-refractivity contribution in [3.63, 3.8) is 0 Å². The molecule has 0 aliphatic carbocycles. The van der Waals surface area contributed by atoms with Crippen molar-refractivity contribution in [2.24, 2.45) is 0 Å². The first-order chi connectivity index (χ1) is 7.40. The lowest BCUT2D eigenvalue weighted by atomic mass is 10.2. The van der Waals surface area contributed by atoms with Crippen LogP contribution in [-0.4, -0.2) is 23.1 Å². The molecule has 0 aromatic carbocycles. The van der Waals surface area contributed by atoms with Gasteiger partial charge in [-0.15, -0.1) is 11.6 Å². The summed E-state index contributed by atoms with van der Waals surface area (Å²) in [6.45, 7) is 2.21. The summed E-state index contributed by atoms with van der Waals surface area (Å²) in [6, 6.07) is 0. The van der Waals surface area contributed by atoms with E-state index < -0.39 is 0 Å². The average Bonchev–Trinajstić information content (AvgIpc) is 2.58. The molecule has 0 bridgehead atoms. The zero-order valence-electron chi connectivity index (χ0n) is 8.82. The Morgan fingerprint density at radius 3 is 2.33 bits per heavy atom. The SMILES string of the molecule is ClCc1cnc(N2CCCCCC2)cn1. The lowest BCUT2D eigenvalue weighted by Crippen LogP contribution is -2.25. The van der Waals surface area contributed by atoms with Gasteiger partial charge in [-0.3, -0.25) is 4.98 Å². The summed E-state index contributed by atoms with van der Waals surface area (Å²) in [4.78, 5) is 11.0. The van der Waals surface area contributed by atoms with Gasteiger partial charge in [0.2, 0.25) is 0 Å². The highest BCUT2D eigenvalue weighted by atomic mass is 35.5. The van der Waals surface area contributed by atoms with Gasteiger partial charge < -0.3 is 4.90 Å². The summed E-state index contributed by atoms with van der Waals surface area (Å²) in [5.74, 6) is 1.43. The van der Waals surface area contributed by atoms with Crippen LogP contribution in [0.1, 0.15) is 31.4 Å². The molecule has 1 aromatic heterocycles. The van der Waals surface area contributed by atoms with E-state index >= 15 is 0 Å². The Hall–Kier alpha value is -0.830. The van der Waals surface area contributed by atoms with Gasteiger partial charge in [0, 0.05) is 13.1 Å². The van der Waals surface area contributed by atoms with Crippen molar-refractivity contribution in [1.82, 2.24) is 9.97 Å². The molecule has 3 nitrogen and oxygen atoms in total. The molecule has 2 heterocycles. The first-order valence-corrected chi connectivity index (χ1v) is 6.05. The smallest absolute Gasteiger partial charge is 0.147 e. The third kappa shape index (κ3) is 2.81. The summed E-state index contributed by atoms with van der Waals surface area (Å²) in [5, 5.41) is 0. The monoisotopic (exact) mass is 225 g/mol. The Kier molecular flexibility index (Phi) is 3.78. The van der Waals surface area contributed by atoms with Crippen molar-refractivity contribution < 1.29 is 0 Å². The number of nitrogens with zero attached hydrogens (tertiary/aromatic N) is 3. The first kappa shape index (κ1) is 10.7. The highest BCUT2D eigenvalue weighted by molar-refractivity contribution is 6.16. The average molecular weight is 226 g/mol. The number of halogens is 1. The Balaban J connectivity index is 2.06. The quantitative estimate of drug-likeness (QED) is 0.725. The standard InChI is InChI=1S/C11H16ClN3/c12-7-10-8-14-11(9-13-10)15-5-3-1-2-4-6-15/h8-9H,1-7H2. The zero-order chi connectivity index (χ0) is 10.5. The number of hydrogen-bond donors (Lipinski definition) is 0. The van der Waals surface area contributed by atoms with E-state index in [1.165, 1.54) is 25.7 Å². The van der Waals surface area contributed by atoms with Gasteiger partial charge in [-0.1, -0.05) is 12.8 Å². The molecular formula is C11H16ClN3. The lowest BCUT2D eigenvalue weighted by Gasteiger charge is -2.20. The maximum absolute atomic E-state index is 5.68. The van der Waals surface area contributed by atoms with Crippen LogP contribution in [0.15, 0.2) is 12.4 Å². The van der Waals surface area contributed by atoms with Crippen LogP contribution in [0.4, 0.5) is 5.82 Å². The van der Waals surface area contributed by atoms with Gasteiger partial charge in [-0.05, 0) is 12.8 Å². The molecule has 15 heavy (non-hydrogen) atoms. The number of aromatic nitrogens is 2. The fourth-order valence-electron chi connectivity index (χ4n) is 1.88. The van der Waals surface area contributed by atoms with Crippen LogP contribution in [0.2, 0.25) is 0 Å². The van der Waals surface area contributed by atoms with Gasteiger partial charge >= 0.3 is 0 Å². The molecule has 1 aromatic rings. The van der Waals surface area contributed by atoms with Crippen LogP contribution in [0.25, 0.3) is 0 Å². The van der Waals surface area contributed by atoms with Crippen LogP contribution in [0, 0.1) is 0 Å². The van der Waals surface area contributed by atoms with E-state index in [4.69, 9.17) is 11.6 Å². The molecule has 0 radical (unpaired) electrons. The minimum atomic E-state index is 0.438. The third-order valence-corrected chi connectivity index (χ3v) is 3.03. The molecular weight excluding hydrogens is 210 g/mol. The van der Waals surface area contributed by atoms with Crippen LogP contribution in [0.5, 0.6) is 0 Å². The molecule has 4 heteroatoms.